The number of nitrogen functional groups attached to an aromatic ring is 1. The van der Waals surface area contributed by atoms with Crippen molar-refractivity contribution in [3.63, 3.8) is 0 Å². The van der Waals surface area contributed by atoms with Crippen LogP contribution in [0.5, 0.6) is 0 Å². The molecule has 0 unspecified atom stereocenters. The van der Waals surface area contributed by atoms with Gasteiger partial charge in [-0.15, -0.1) is 5.11 Å². The number of aliphatic hydroxyl groups is 3. The van der Waals surface area contributed by atoms with Crippen molar-refractivity contribution >= 4 is 11.6 Å². The van der Waals surface area contributed by atoms with Crippen LogP contribution < -0.4 is 11.4 Å². The molecule has 1 aromatic heterocycles. The number of aliphatic hydroxyl groups excluding tert-OH is 3. The highest BCUT2D eigenvalue weighted by Crippen LogP contribution is 2.31. The van der Waals surface area contributed by atoms with E-state index in [1.807, 2.05) is 0 Å². The minimum atomic E-state index is -1.46. The predicted octanol–water partition coefficient (Wildman–Crippen LogP) is -1.90. The molecule has 10 nitrogen and oxygen atoms in total. The standard InChI is InChI=1S/C9H13N5O5/c10-4-1-5(13-11)14(9(18)12-4)8-7(17)6(16)3(2-15)19-8/h1,3,6-8,11,15-17H,2H2,(H2,10,12,18)/t3-,6-,7-,8-/m1/s1. The van der Waals surface area contributed by atoms with Crippen LogP contribution in [-0.4, -0.2) is 49.8 Å². The van der Waals surface area contributed by atoms with Crippen molar-refractivity contribution < 1.29 is 20.1 Å². The van der Waals surface area contributed by atoms with Crippen molar-refractivity contribution in [3.8, 4) is 0 Å². The minimum Gasteiger partial charge on any atom is -0.394 e. The van der Waals surface area contributed by atoms with Gasteiger partial charge in [0.25, 0.3) is 0 Å². The first-order valence-corrected chi connectivity index (χ1v) is 5.38. The lowest BCUT2D eigenvalue weighted by Crippen LogP contribution is -2.36. The average molecular weight is 271 g/mol. The van der Waals surface area contributed by atoms with E-state index in [-0.39, 0.29) is 11.6 Å². The van der Waals surface area contributed by atoms with E-state index >= 15 is 0 Å². The summed E-state index contributed by atoms with van der Waals surface area (Å²) in [5, 5.41) is 31.5. The first-order valence-electron chi connectivity index (χ1n) is 5.38. The van der Waals surface area contributed by atoms with Gasteiger partial charge >= 0.3 is 5.69 Å². The molecule has 1 saturated heterocycles. The molecule has 0 radical (unpaired) electrons. The second-order valence-electron chi connectivity index (χ2n) is 4.03. The van der Waals surface area contributed by atoms with Gasteiger partial charge in [-0.3, -0.25) is 0 Å². The summed E-state index contributed by atoms with van der Waals surface area (Å²) >= 11 is 0. The van der Waals surface area contributed by atoms with Gasteiger partial charge in [0.05, 0.1) is 6.61 Å². The lowest BCUT2D eigenvalue weighted by atomic mass is 10.1. The van der Waals surface area contributed by atoms with Gasteiger partial charge in [-0.2, -0.15) is 4.98 Å². The van der Waals surface area contributed by atoms with Crippen LogP contribution in [0.2, 0.25) is 0 Å². The Hall–Kier alpha value is -1.88. The third-order valence-electron chi connectivity index (χ3n) is 2.84. The Bertz CT molecular complexity index is 546. The summed E-state index contributed by atoms with van der Waals surface area (Å²) in [6.07, 6.45) is -5.15. The number of anilines is 1. The zero-order valence-corrected chi connectivity index (χ0v) is 9.67. The normalized spacial score (nSPS) is 30.5. The largest absolute Gasteiger partial charge is 0.394 e. The Morgan fingerprint density at radius 3 is 2.74 bits per heavy atom. The van der Waals surface area contributed by atoms with Crippen LogP contribution >= 0.6 is 0 Å². The van der Waals surface area contributed by atoms with Gasteiger partial charge in [0.1, 0.15) is 24.1 Å². The van der Waals surface area contributed by atoms with Gasteiger partial charge in [0, 0.05) is 6.07 Å². The summed E-state index contributed by atoms with van der Waals surface area (Å²) in [4.78, 5) is 15.2. The molecule has 1 aromatic rings. The third kappa shape index (κ3) is 2.21. The molecule has 0 aliphatic carbocycles. The van der Waals surface area contributed by atoms with Crippen LogP contribution in [0.1, 0.15) is 6.23 Å². The zero-order valence-electron chi connectivity index (χ0n) is 9.67. The summed E-state index contributed by atoms with van der Waals surface area (Å²) < 4.78 is 5.97. The van der Waals surface area contributed by atoms with Crippen LogP contribution in [0.4, 0.5) is 11.6 Å². The highest BCUT2D eigenvalue weighted by Gasteiger charge is 2.44. The Morgan fingerprint density at radius 2 is 2.21 bits per heavy atom. The fraction of sp³-hybridized carbons (Fsp3) is 0.556. The fourth-order valence-electron chi connectivity index (χ4n) is 1.92. The van der Waals surface area contributed by atoms with Gasteiger partial charge in [0.15, 0.2) is 12.0 Å². The van der Waals surface area contributed by atoms with Gasteiger partial charge in [-0.05, 0) is 0 Å². The second kappa shape index (κ2) is 5.01. The molecule has 2 heterocycles. The predicted molar refractivity (Wildman–Crippen MR) is 60.7 cm³/mol. The molecule has 10 heteroatoms. The number of ether oxygens (including phenoxy) is 1. The molecule has 1 aliphatic heterocycles. The lowest BCUT2D eigenvalue weighted by molar-refractivity contribution is -0.0541. The third-order valence-corrected chi connectivity index (χ3v) is 2.84. The van der Waals surface area contributed by atoms with Crippen LogP contribution in [-0.2, 0) is 4.74 Å². The Labute approximate surface area is 106 Å². The van der Waals surface area contributed by atoms with Gasteiger partial charge in [0.2, 0.25) is 0 Å². The molecule has 1 fully saturated rings. The minimum absolute atomic E-state index is 0.126. The number of hydrogen-bond donors (Lipinski definition) is 5. The van der Waals surface area contributed by atoms with E-state index < -0.39 is 36.8 Å². The van der Waals surface area contributed by atoms with Gasteiger partial charge < -0.3 is 25.8 Å². The highest BCUT2D eigenvalue weighted by atomic mass is 16.6. The van der Waals surface area contributed by atoms with E-state index in [1.165, 1.54) is 0 Å². The topological polar surface area (TPSA) is 167 Å². The van der Waals surface area contributed by atoms with E-state index in [0.29, 0.717) is 0 Å². The van der Waals surface area contributed by atoms with Crippen molar-refractivity contribution in [1.29, 1.82) is 5.53 Å². The van der Waals surface area contributed by atoms with Crippen LogP contribution in [0, 0.1) is 5.53 Å². The average Bonchev–Trinajstić information content (AvgIpc) is 2.65. The molecule has 6 N–H and O–H groups in total. The molecule has 1 aliphatic rings. The van der Waals surface area contributed by atoms with Crippen molar-refractivity contribution in [2.75, 3.05) is 12.3 Å². The summed E-state index contributed by atoms with van der Waals surface area (Å²) in [7, 11) is 0. The zero-order chi connectivity index (χ0) is 14.2. The number of hydrogen-bond acceptors (Lipinski definition) is 9. The Kier molecular flexibility index (Phi) is 3.57. The fourth-order valence-corrected chi connectivity index (χ4v) is 1.92. The molecule has 0 bridgehead atoms. The SMILES string of the molecule is N=Nc1cc(N)nc(=O)n1[C@@H]1O[C@H](CO)[C@@H](O)[C@H]1O. The molecule has 2 rings (SSSR count). The molecule has 0 amide bonds. The maximum atomic E-state index is 11.7. The number of aromatic nitrogens is 2. The molecule has 0 aromatic carbocycles. The van der Waals surface area contributed by atoms with Crippen LogP contribution in [0.15, 0.2) is 16.0 Å². The van der Waals surface area contributed by atoms with E-state index in [9.17, 15) is 15.0 Å². The number of rotatable bonds is 3. The molecule has 0 saturated carbocycles. The van der Waals surface area contributed by atoms with Gasteiger partial charge in [-0.1, -0.05) is 0 Å². The van der Waals surface area contributed by atoms with Crippen molar-refractivity contribution in [2.45, 2.75) is 24.5 Å². The maximum absolute atomic E-state index is 11.7. The summed E-state index contributed by atoms with van der Waals surface area (Å²) in [5.74, 6) is -0.300. The quantitative estimate of drug-likeness (QED) is 0.400. The van der Waals surface area contributed by atoms with Crippen molar-refractivity contribution in [2.24, 2.45) is 5.11 Å². The molecule has 19 heavy (non-hydrogen) atoms. The monoisotopic (exact) mass is 271 g/mol. The number of nitrogens with one attached hydrogen (secondary N) is 1. The van der Waals surface area contributed by atoms with Crippen molar-refractivity contribution in [1.82, 2.24) is 9.55 Å². The first kappa shape index (κ1) is 13.5. The van der Waals surface area contributed by atoms with Gasteiger partial charge in [-0.25, -0.2) is 14.9 Å². The molecule has 4 atom stereocenters. The smallest absolute Gasteiger partial charge is 0.353 e. The summed E-state index contributed by atoms with van der Waals surface area (Å²) in [5.41, 5.74) is 11.5. The van der Waals surface area contributed by atoms with Crippen LogP contribution in [0.25, 0.3) is 0 Å². The summed E-state index contributed by atoms with van der Waals surface area (Å²) in [6, 6.07) is 1.16. The van der Waals surface area contributed by atoms with Crippen molar-refractivity contribution in [3.05, 3.63) is 16.6 Å². The Morgan fingerprint density at radius 1 is 1.53 bits per heavy atom. The lowest BCUT2D eigenvalue weighted by Gasteiger charge is -2.18. The first-order chi connectivity index (χ1) is 8.99. The number of nitrogens with zero attached hydrogens (tertiary/aromatic N) is 3. The number of nitrogens with two attached hydrogens (primary N) is 1. The maximum Gasteiger partial charge on any atom is 0.353 e. The van der Waals surface area contributed by atoms with E-state index in [4.69, 9.17) is 21.1 Å². The summed E-state index contributed by atoms with van der Waals surface area (Å²) in [6.45, 7) is -0.529. The second-order valence-corrected chi connectivity index (χ2v) is 4.03. The molecule has 0 spiro atoms. The highest BCUT2D eigenvalue weighted by molar-refractivity contribution is 5.39. The van der Waals surface area contributed by atoms with Crippen LogP contribution in [0.3, 0.4) is 0 Å². The Balaban J connectivity index is 2.48. The molecular weight excluding hydrogens is 258 g/mol. The van der Waals surface area contributed by atoms with E-state index in [2.05, 4.69) is 10.1 Å². The molecule has 104 valence electrons. The molecular formula is C9H13N5O5. The van der Waals surface area contributed by atoms with E-state index in [1.54, 1.807) is 0 Å². The van der Waals surface area contributed by atoms with E-state index in [0.717, 1.165) is 10.6 Å².